The molecule has 0 aromatic heterocycles. The number of oxime groups is 1. The highest BCUT2D eigenvalue weighted by Crippen LogP contribution is 2.48. The van der Waals surface area contributed by atoms with E-state index >= 15 is 0 Å². The Bertz CT molecular complexity index is 664. The minimum absolute atomic E-state index is 0.00486. The zero-order chi connectivity index (χ0) is 18.7. The van der Waals surface area contributed by atoms with Gasteiger partial charge in [0.2, 0.25) is 0 Å². The molecule has 1 aromatic carbocycles. The third kappa shape index (κ3) is 3.82. The van der Waals surface area contributed by atoms with Crippen LogP contribution in [0.4, 0.5) is 4.39 Å². The summed E-state index contributed by atoms with van der Waals surface area (Å²) in [5.41, 5.74) is 2.08. The fraction of sp³-hybridized carbons (Fsp3) is 0.550. The maximum atomic E-state index is 13.4. The van der Waals surface area contributed by atoms with Crippen LogP contribution in [0.25, 0.3) is 0 Å². The van der Waals surface area contributed by atoms with Crippen LogP contribution in [0.15, 0.2) is 39.6 Å². The second kappa shape index (κ2) is 8.80. The number of benzene rings is 1. The molecule has 5 atom stereocenters. The zero-order valence-corrected chi connectivity index (χ0v) is 17.3. The number of aliphatic hydroxyl groups excluding tert-OH is 1. The van der Waals surface area contributed by atoms with Crippen LogP contribution in [0.3, 0.4) is 0 Å². The van der Waals surface area contributed by atoms with E-state index in [-0.39, 0.29) is 29.8 Å². The molecular formula is C20H26FIN2O2. The van der Waals surface area contributed by atoms with Gasteiger partial charge in [-0.2, -0.15) is 0 Å². The molecule has 0 saturated carbocycles. The van der Waals surface area contributed by atoms with E-state index in [0.717, 1.165) is 37.1 Å². The second-order valence-corrected chi connectivity index (χ2v) is 7.76. The van der Waals surface area contributed by atoms with E-state index in [9.17, 15) is 9.50 Å². The molecule has 6 heteroatoms. The average Bonchev–Trinajstić information content (AvgIpc) is 2.85. The Balaban J connectivity index is 2.02. The van der Waals surface area contributed by atoms with Gasteiger partial charge in [0.25, 0.3) is 0 Å². The molecule has 3 rings (SSSR count). The third-order valence-corrected chi connectivity index (χ3v) is 6.25. The van der Waals surface area contributed by atoms with Crippen LogP contribution >= 0.6 is 22.6 Å². The van der Waals surface area contributed by atoms with Gasteiger partial charge < -0.3 is 9.94 Å². The summed E-state index contributed by atoms with van der Waals surface area (Å²) in [5, 5.41) is 15.1. The molecule has 0 aliphatic carbocycles. The normalized spacial score (nSPS) is 32.3. The van der Waals surface area contributed by atoms with E-state index in [4.69, 9.17) is 4.84 Å². The maximum Gasteiger partial charge on any atom is 0.123 e. The molecule has 0 radical (unpaired) electrons. The lowest BCUT2D eigenvalue weighted by atomic mass is 9.72. The highest BCUT2D eigenvalue weighted by Gasteiger charge is 2.53. The number of nitrogens with zero attached hydrogens (tertiary/aromatic N) is 2. The molecule has 142 valence electrons. The van der Waals surface area contributed by atoms with Gasteiger partial charge in [-0.3, -0.25) is 4.90 Å². The first-order chi connectivity index (χ1) is 12.6. The minimum Gasteiger partial charge on any atom is -0.399 e. The van der Waals surface area contributed by atoms with Crippen molar-refractivity contribution in [2.45, 2.75) is 50.3 Å². The van der Waals surface area contributed by atoms with Gasteiger partial charge in [0, 0.05) is 24.5 Å². The van der Waals surface area contributed by atoms with Gasteiger partial charge in [-0.05, 0) is 47.0 Å². The van der Waals surface area contributed by atoms with Crippen LogP contribution in [0.2, 0.25) is 0 Å². The first-order valence-electron chi connectivity index (χ1n) is 9.15. The van der Waals surface area contributed by atoms with E-state index in [2.05, 4.69) is 45.6 Å². The third-order valence-electron chi connectivity index (χ3n) is 5.75. The average molecular weight is 472 g/mol. The predicted octanol–water partition coefficient (Wildman–Crippen LogP) is 4.09. The molecule has 0 amide bonds. The molecule has 2 aliphatic heterocycles. The second-order valence-electron chi connectivity index (χ2n) is 7.04. The van der Waals surface area contributed by atoms with Crippen molar-refractivity contribution >= 4 is 28.3 Å². The molecule has 26 heavy (non-hydrogen) atoms. The Hall–Kier alpha value is -0.990. The first-order valence-corrected chi connectivity index (χ1v) is 10.4. The van der Waals surface area contributed by atoms with Crippen molar-refractivity contribution in [3.05, 3.63) is 45.8 Å². The van der Waals surface area contributed by atoms with Crippen molar-refractivity contribution in [2.24, 2.45) is 11.1 Å². The summed E-state index contributed by atoms with van der Waals surface area (Å²) in [6.07, 6.45) is 4.22. The molecule has 1 N–H and O–H groups in total. The van der Waals surface area contributed by atoms with E-state index in [0.29, 0.717) is 6.04 Å². The lowest BCUT2D eigenvalue weighted by molar-refractivity contribution is 0.0593. The number of aliphatic hydroxyl groups is 1. The summed E-state index contributed by atoms with van der Waals surface area (Å²) in [5.74, 6) is 0.0393. The highest BCUT2D eigenvalue weighted by molar-refractivity contribution is 14.1. The van der Waals surface area contributed by atoms with Crippen LogP contribution in [-0.2, 0) is 4.84 Å². The molecular weight excluding hydrogens is 446 g/mol. The number of hydrogen-bond donors (Lipinski definition) is 1. The molecule has 2 fully saturated rings. The van der Waals surface area contributed by atoms with Crippen molar-refractivity contribution in [1.82, 2.24) is 4.90 Å². The summed E-state index contributed by atoms with van der Waals surface area (Å²) >= 11 is 2.23. The SMILES string of the molecule is CC/C(=N/OC)[C@@H]1C2[C@@H](O)CC(C[C@@H]1c1ccc(F)cc1)N2C/C=C/I. The smallest absolute Gasteiger partial charge is 0.123 e. The quantitative estimate of drug-likeness (QED) is 0.386. The Labute approximate surface area is 168 Å². The van der Waals surface area contributed by atoms with Crippen LogP contribution in [0, 0.1) is 11.7 Å². The minimum atomic E-state index is -0.383. The summed E-state index contributed by atoms with van der Waals surface area (Å²) < 4.78 is 15.4. The molecule has 0 spiro atoms. The maximum absolute atomic E-state index is 13.4. The van der Waals surface area contributed by atoms with Crippen LogP contribution in [0.5, 0.6) is 0 Å². The Morgan fingerprint density at radius 2 is 2.12 bits per heavy atom. The van der Waals surface area contributed by atoms with E-state index in [1.54, 1.807) is 7.11 Å². The molecule has 2 saturated heterocycles. The van der Waals surface area contributed by atoms with Gasteiger partial charge in [-0.15, -0.1) is 0 Å². The van der Waals surface area contributed by atoms with Gasteiger partial charge in [-0.1, -0.05) is 52.9 Å². The van der Waals surface area contributed by atoms with Crippen molar-refractivity contribution in [3.63, 3.8) is 0 Å². The summed E-state index contributed by atoms with van der Waals surface area (Å²) in [6, 6.07) is 7.13. The molecule has 2 aliphatic rings. The fourth-order valence-electron chi connectivity index (χ4n) is 4.77. The van der Waals surface area contributed by atoms with Crippen molar-refractivity contribution in [3.8, 4) is 0 Å². The van der Waals surface area contributed by atoms with Crippen molar-refractivity contribution in [2.75, 3.05) is 13.7 Å². The van der Waals surface area contributed by atoms with E-state index in [1.165, 1.54) is 12.1 Å². The van der Waals surface area contributed by atoms with Crippen molar-refractivity contribution < 1.29 is 14.3 Å². The fourth-order valence-corrected chi connectivity index (χ4v) is 4.99. The molecule has 2 heterocycles. The Morgan fingerprint density at radius 3 is 2.73 bits per heavy atom. The van der Waals surface area contributed by atoms with Crippen LogP contribution in [-0.4, -0.2) is 47.6 Å². The summed E-state index contributed by atoms with van der Waals surface area (Å²) in [6.45, 7) is 2.90. The highest BCUT2D eigenvalue weighted by atomic mass is 127. The standard InChI is InChI=1S/C20H26FIN2O2/c1-3-17(23-26-2)19-16(13-5-7-14(21)8-6-13)11-15-12-18(25)20(19)24(15)10-4-9-22/h4-9,15-16,18-20,25H,3,10-12H2,1-2H3/b9-4+,23-17-/t15?,16-,18+,19-,20?/m1/s1. The van der Waals surface area contributed by atoms with Crippen LogP contribution < -0.4 is 0 Å². The summed E-state index contributed by atoms with van der Waals surface area (Å²) in [7, 11) is 1.57. The number of rotatable bonds is 6. The molecule has 1 aromatic rings. The van der Waals surface area contributed by atoms with Gasteiger partial charge in [-0.25, -0.2) is 4.39 Å². The molecule has 2 bridgehead atoms. The van der Waals surface area contributed by atoms with Gasteiger partial charge in [0.15, 0.2) is 0 Å². The Morgan fingerprint density at radius 1 is 1.38 bits per heavy atom. The lowest BCUT2D eigenvalue weighted by Crippen LogP contribution is -2.53. The zero-order valence-electron chi connectivity index (χ0n) is 15.2. The van der Waals surface area contributed by atoms with E-state index < -0.39 is 0 Å². The van der Waals surface area contributed by atoms with Gasteiger partial charge in [0.05, 0.1) is 11.8 Å². The van der Waals surface area contributed by atoms with E-state index in [1.807, 2.05) is 16.2 Å². The molecule has 2 unspecified atom stereocenters. The summed E-state index contributed by atoms with van der Waals surface area (Å²) in [4.78, 5) is 7.53. The lowest BCUT2D eigenvalue weighted by Gasteiger charge is -2.45. The molecule has 4 nitrogen and oxygen atoms in total. The Kier molecular flexibility index (Phi) is 6.69. The van der Waals surface area contributed by atoms with Crippen molar-refractivity contribution in [1.29, 1.82) is 0 Å². The number of fused-ring (bicyclic) bond motifs is 2. The van der Waals surface area contributed by atoms with Crippen LogP contribution in [0.1, 0.15) is 37.7 Å². The van der Waals surface area contributed by atoms with Gasteiger partial charge >= 0.3 is 0 Å². The number of piperidine rings is 1. The largest absolute Gasteiger partial charge is 0.399 e. The first kappa shape index (κ1) is 19.8. The topological polar surface area (TPSA) is 45.1 Å². The number of halogens is 2. The monoisotopic (exact) mass is 472 g/mol. The van der Waals surface area contributed by atoms with Gasteiger partial charge in [0.1, 0.15) is 12.9 Å². The number of hydrogen-bond acceptors (Lipinski definition) is 4. The predicted molar refractivity (Wildman–Crippen MR) is 110 cm³/mol.